The summed E-state index contributed by atoms with van der Waals surface area (Å²) in [6.45, 7) is 0.259. The van der Waals surface area contributed by atoms with Gasteiger partial charge in [0.2, 0.25) is 17.7 Å². The zero-order valence-corrected chi connectivity index (χ0v) is 25.9. The van der Waals surface area contributed by atoms with Crippen molar-refractivity contribution in [3.8, 4) is 0 Å². The maximum atomic E-state index is 12.7. The molecule has 0 aromatic carbocycles. The lowest BCUT2D eigenvalue weighted by atomic mass is 9.95. The fourth-order valence-electron chi connectivity index (χ4n) is 4.19. The molecule has 0 aromatic heterocycles. The molecule has 2 rings (SSSR count). The van der Waals surface area contributed by atoms with Crippen LogP contribution in [0.1, 0.15) is 12.8 Å². The number of nitrogens with zero attached hydrogens (tertiary/aromatic N) is 1. The standard InChI is InChI=1S/C26H40N4O15S/c31-21-3-6-41-9-11-43-13-14-44-12-10-42-7-4-27-22(32)15-20(30-23(33)1-2-24(30)34)18(26(36)37)16-45-8-5-28-25(35)19(29-21)17-46(38,39)40/h1-2,18-20H,3-17H2,(H,27,32)(H,28,35)(H,29,31)(H,36,37)(H,38,39,40)/t18-,19?,20?/m0/s1. The molecule has 46 heavy (non-hydrogen) atoms. The highest BCUT2D eigenvalue weighted by Gasteiger charge is 2.41. The van der Waals surface area contributed by atoms with Crippen LogP contribution in [-0.2, 0) is 62.6 Å². The van der Waals surface area contributed by atoms with Gasteiger partial charge < -0.3 is 44.7 Å². The summed E-state index contributed by atoms with van der Waals surface area (Å²) in [6.07, 6.45) is 1.12. The third-order valence-electron chi connectivity index (χ3n) is 6.38. The van der Waals surface area contributed by atoms with Crippen LogP contribution in [0.2, 0.25) is 0 Å². The number of nitrogens with one attached hydrogen (secondary N) is 3. The second-order valence-electron chi connectivity index (χ2n) is 9.88. The van der Waals surface area contributed by atoms with Gasteiger partial charge in [-0.1, -0.05) is 0 Å². The molecule has 260 valence electrons. The fraction of sp³-hybridized carbons (Fsp3) is 0.692. The predicted molar refractivity (Wildman–Crippen MR) is 154 cm³/mol. The van der Waals surface area contributed by atoms with E-state index in [-0.39, 0.29) is 79.0 Å². The molecule has 3 atom stereocenters. The highest BCUT2D eigenvalue weighted by Crippen LogP contribution is 2.21. The Hall–Kier alpha value is -3.53. The van der Waals surface area contributed by atoms with Gasteiger partial charge in [-0.25, -0.2) is 0 Å². The Morgan fingerprint density at radius 1 is 0.783 bits per heavy atom. The Morgan fingerprint density at radius 2 is 1.30 bits per heavy atom. The average molecular weight is 681 g/mol. The summed E-state index contributed by atoms with van der Waals surface area (Å²) in [5, 5.41) is 17.0. The van der Waals surface area contributed by atoms with Gasteiger partial charge in [0.25, 0.3) is 21.9 Å². The molecule has 2 aliphatic heterocycles. The summed E-state index contributed by atoms with van der Waals surface area (Å²) in [4.78, 5) is 75.1. The SMILES string of the molecule is O=C1CC(N2C(=O)C=CC2=O)[C@@H](C(=O)O)COCCNC(=O)C(CS(=O)(=O)O)NC(=O)CCOCCOCCOCCOCCN1. The predicted octanol–water partition coefficient (Wildman–Crippen LogP) is -3.54. The van der Waals surface area contributed by atoms with Crippen molar-refractivity contribution in [2.24, 2.45) is 5.92 Å². The average Bonchev–Trinajstić information content (AvgIpc) is 3.31. The van der Waals surface area contributed by atoms with Crippen molar-refractivity contribution in [3.63, 3.8) is 0 Å². The van der Waals surface area contributed by atoms with E-state index in [0.29, 0.717) is 4.90 Å². The largest absolute Gasteiger partial charge is 0.481 e. The second kappa shape index (κ2) is 20.6. The summed E-state index contributed by atoms with van der Waals surface area (Å²) in [5.74, 6) is -8.12. The van der Waals surface area contributed by atoms with Crippen LogP contribution >= 0.6 is 0 Å². The van der Waals surface area contributed by atoms with Crippen LogP contribution in [0.4, 0.5) is 0 Å². The molecular formula is C26H40N4O15S. The van der Waals surface area contributed by atoms with Crippen LogP contribution in [-0.4, -0.2) is 155 Å². The summed E-state index contributed by atoms with van der Waals surface area (Å²) in [7, 11) is -4.69. The lowest BCUT2D eigenvalue weighted by Gasteiger charge is -2.30. The number of carbonyl (C=O) groups is 6. The Bertz CT molecular complexity index is 1180. The minimum atomic E-state index is -4.69. The van der Waals surface area contributed by atoms with E-state index in [1.807, 2.05) is 0 Å². The highest BCUT2D eigenvalue weighted by atomic mass is 32.2. The van der Waals surface area contributed by atoms with Gasteiger partial charge in [0.1, 0.15) is 17.7 Å². The van der Waals surface area contributed by atoms with Gasteiger partial charge in [-0.2, -0.15) is 8.42 Å². The van der Waals surface area contributed by atoms with E-state index in [0.717, 1.165) is 12.2 Å². The molecule has 0 radical (unpaired) electrons. The number of aliphatic carboxylic acids is 1. The summed E-state index contributed by atoms with van der Waals surface area (Å²) < 4.78 is 58.8. The zero-order valence-electron chi connectivity index (χ0n) is 25.1. The molecule has 2 heterocycles. The van der Waals surface area contributed by atoms with E-state index >= 15 is 0 Å². The highest BCUT2D eigenvalue weighted by molar-refractivity contribution is 7.85. The number of carboxylic acid groups (broad SMARTS) is 1. The van der Waals surface area contributed by atoms with Crippen LogP contribution in [0.5, 0.6) is 0 Å². The van der Waals surface area contributed by atoms with Gasteiger partial charge >= 0.3 is 5.97 Å². The number of carboxylic acids is 1. The normalized spacial score (nSPS) is 25.5. The van der Waals surface area contributed by atoms with Crippen molar-refractivity contribution < 1.29 is 70.5 Å². The van der Waals surface area contributed by atoms with Crippen molar-refractivity contribution >= 4 is 45.6 Å². The van der Waals surface area contributed by atoms with E-state index in [1.54, 1.807) is 0 Å². The first kappa shape index (κ1) is 38.7. The molecule has 20 heteroatoms. The van der Waals surface area contributed by atoms with Crippen molar-refractivity contribution in [3.05, 3.63) is 12.2 Å². The van der Waals surface area contributed by atoms with Gasteiger partial charge in [-0.3, -0.25) is 38.2 Å². The van der Waals surface area contributed by atoms with Crippen molar-refractivity contribution in [2.75, 3.05) is 84.9 Å². The Balaban J connectivity index is 2.09. The van der Waals surface area contributed by atoms with Crippen molar-refractivity contribution in [1.29, 1.82) is 0 Å². The number of imide groups is 1. The topological polar surface area (TPSA) is 262 Å². The lowest BCUT2D eigenvalue weighted by molar-refractivity contribution is -0.152. The third kappa shape index (κ3) is 15.2. The maximum Gasteiger partial charge on any atom is 0.310 e. The molecule has 0 spiro atoms. The Morgan fingerprint density at radius 3 is 1.87 bits per heavy atom. The quantitative estimate of drug-likeness (QED) is 0.142. The summed E-state index contributed by atoms with van der Waals surface area (Å²) in [5.41, 5.74) is 0. The minimum Gasteiger partial charge on any atom is -0.481 e. The number of amides is 5. The smallest absolute Gasteiger partial charge is 0.310 e. The number of rotatable bonds is 4. The number of hydrogen-bond acceptors (Lipinski definition) is 13. The van der Waals surface area contributed by atoms with Crippen LogP contribution in [0, 0.1) is 5.92 Å². The number of ether oxygens (including phenoxy) is 5. The zero-order chi connectivity index (χ0) is 34.0. The van der Waals surface area contributed by atoms with Crippen molar-refractivity contribution in [2.45, 2.75) is 24.9 Å². The molecule has 0 aromatic rings. The monoisotopic (exact) mass is 680 g/mol. The van der Waals surface area contributed by atoms with Gasteiger partial charge in [0, 0.05) is 38.1 Å². The van der Waals surface area contributed by atoms with Crippen LogP contribution in [0.25, 0.3) is 0 Å². The first-order chi connectivity index (χ1) is 21.9. The molecule has 19 nitrogen and oxygen atoms in total. The van der Waals surface area contributed by atoms with E-state index in [1.165, 1.54) is 0 Å². The van der Waals surface area contributed by atoms with Crippen LogP contribution < -0.4 is 16.0 Å². The number of carbonyl (C=O) groups excluding carboxylic acids is 5. The lowest BCUT2D eigenvalue weighted by Crippen LogP contribution is -2.51. The van der Waals surface area contributed by atoms with E-state index in [2.05, 4.69) is 16.0 Å². The molecule has 2 unspecified atom stereocenters. The Labute approximate surface area is 265 Å². The second-order valence-corrected chi connectivity index (χ2v) is 11.4. The minimum absolute atomic E-state index is 0.0573. The van der Waals surface area contributed by atoms with Gasteiger partial charge in [0.05, 0.1) is 72.1 Å². The van der Waals surface area contributed by atoms with E-state index < -0.39 is 82.4 Å². The van der Waals surface area contributed by atoms with Gasteiger partial charge in [-0.05, 0) is 0 Å². The molecule has 2 aliphatic rings. The number of hydrogen-bond donors (Lipinski definition) is 5. The molecule has 0 aliphatic carbocycles. The first-order valence-electron chi connectivity index (χ1n) is 14.3. The molecule has 0 bridgehead atoms. The van der Waals surface area contributed by atoms with Crippen LogP contribution in [0.3, 0.4) is 0 Å². The van der Waals surface area contributed by atoms with Gasteiger partial charge in [-0.15, -0.1) is 0 Å². The molecular weight excluding hydrogens is 640 g/mol. The third-order valence-corrected chi connectivity index (χ3v) is 7.14. The van der Waals surface area contributed by atoms with Gasteiger partial charge in [0.15, 0.2) is 0 Å². The summed E-state index contributed by atoms with van der Waals surface area (Å²) >= 11 is 0. The molecule has 5 amide bonds. The van der Waals surface area contributed by atoms with Crippen LogP contribution in [0.15, 0.2) is 12.2 Å². The molecule has 5 N–H and O–H groups in total. The molecule has 0 saturated carbocycles. The van der Waals surface area contributed by atoms with E-state index in [4.69, 9.17) is 23.7 Å². The Kier molecular flexibility index (Phi) is 17.3. The fourth-order valence-corrected chi connectivity index (χ4v) is 4.85. The molecule has 1 saturated heterocycles. The van der Waals surface area contributed by atoms with E-state index in [9.17, 15) is 46.8 Å². The first-order valence-corrected chi connectivity index (χ1v) is 16.0. The maximum absolute atomic E-state index is 12.7. The van der Waals surface area contributed by atoms with Crippen molar-refractivity contribution in [1.82, 2.24) is 20.9 Å². The molecule has 1 fully saturated rings. The summed E-state index contributed by atoms with van der Waals surface area (Å²) in [6, 6.07) is -3.10.